The molecule has 166 valence electrons. The Bertz CT molecular complexity index is 1090. The van der Waals surface area contributed by atoms with Crippen LogP contribution in [0.1, 0.15) is 32.6 Å². The molecule has 1 heterocycles. The summed E-state index contributed by atoms with van der Waals surface area (Å²) >= 11 is 0.882. The van der Waals surface area contributed by atoms with Gasteiger partial charge in [-0.25, -0.2) is 0 Å². The smallest absolute Gasteiger partial charge is 0.293 e. The van der Waals surface area contributed by atoms with Gasteiger partial charge in [-0.1, -0.05) is 35.9 Å². The van der Waals surface area contributed by atoms with Crippen molar-refractivity contribution in [3.05, 3.63) is 75.2 Å². The zero-order chi connectivity index (χ0) is 23.3. The van der Waals surface area contributed by atoms with Gasteiger partial charge in [-0.3, -0.25) is 24.1 Å². The second-order valence-electron chi connectivity index (χ2n) is 7.58. The monoisotopic (exact) mass is 451 g/mol. The van der Waals surface area contributed by atoms with Crippen molar-refractivity contribution in [2.75, 3.05) is 19.6 Å². The minimum absolute atomic E-state index is 0.0622. The van der Waals surface area contributed by atoms with Gasteiger partial charge in [0.15, 0.2) is 0 Å². The lowest BCUT2D eigenvalue weighted by Crippen LogP contribution is -2.41. The molecule has 1 aliphatic heterocycles. The van der Waals surface area contributed by atoms with Crippen molar-refractivity contribution in [3.8, 4) is 0 Å². The largest absolute Gasteiger partial charge is 0.353 e. The van der Waals surface area contributed by atoms with Crippen molar-refractivity contribution in [3.63, 3.8) is 0 Å². The van der Waals surface area contributed by atoms with Crippen LogP contribution in [-0.2, 0) is 9.59 Å². The minimum atomic E-state index is -0.399. The predicted octanol–water partition coefficient (Wildman–Crippen LogP) is 3.19. The quantitative estimate of drug-likeness (QED) is 0.631. The fraction of sp³-hybridized carbons (Fsp3) is 0.250. The van der Waals surface area contributed by atoms with Gasteiger partial charge < -0.3 is 10.6 Å². The Morgan fingerprint density at radius 3 is 2.38 bits per heavy atom. The van der Waals surface area contributed by atoms with Crippen molar-refractivity contribution < 1.29 is 19.2 Å². The van der Waals surface area contributed by atoms with Crippen LogP contribution >= 0.6 is 11.8 Å². The lowest BCUT2D eigenvalue weighted by Gasteiger charge is -2.13. The van der Waals surface area contributed by atoms with Crippen LogP contribution in [0.15, 0.2) is 47.4 Å². The zero-order valence-corrected chi connectivity index (χ0v) is 19.0. The third-order valence-corrected chi connectivity index (χ3v) is 5.99. The highest BCUT2D eigenvalue weighted by Gasteiger charge is 2.34. The molecule has 7 nitrogen and oxygen atoms in total. The number of nitrogens with one attached hydrogen (secondary N) is 2. The Morgan fingerprint density at radius 1 is 0.969 bits per heavy atom. The van der Waals surface area contributed by atoms with Crippen LogP contribution in [0.5, 0.6) is 0 Å². The molecule has 2 aromatic rings. The first-order chi connectivity index (χ1) is 15.2. The number of imide groups is 1. The van der Waals surface area contributed by atoms with E-state index in [0.717, 1.165) is 38.9 Å². The van der Waals surface area contributed by atoms with Gasteiger partial charge >= 0.3 is 0 Å². The number of nitrogens with zero attached hydrogens (tertiary/aromatic N) is 1. The van der Waals surface area contributed by atoms with Gasteiger partial charge in [-0.05, 0) is 67.4 Å². The van der Waals surface area contributed by atoms with Gasteiger partial charge in [-0.15, -0.1) is 0 Å². The molecule has 0 bridgehead atoms. The SMILES string of the molecule is Cc1ccc(C=C2SC(=O)N(CCNC(=O)CNC(=O)c3ccc(C)c(C)c3)C2=O)cc1. The molecule has 3 rings (SSSR count). The highest BCUT2D eigenvalue weighted by Crippen LogP contribution is 2.31. The number of rotatable bonds is 7. The molecule has 0 radical (unpaired) electrons. The van der Waals surface area contributed by atoms with E-state index in [-0.39, 0.29) is 36.7 Å². The van der Waals surface area contributed by atoms with Crippen molar-refractivity contribution in [2.24, 2.45) is 0 Å². The summed E-state index contributed by atoms with van der Waals surface area (Å²) in [6.07, 6.45) is 1.69. The summed E-state index contributed by atoms with van der Waals surface area (Å²) in [7, 11) is 0. The predicted molar refractivity (Wildman–Crippen MR) is 125 cm³/mol. The first kappa shape index (κ1) is 23.3. The van der Waals surface area contributed by atoms with Crippen molar-refractivity contribution in [1.29, 1.82) is 0 Å². The second kappa shape index (κ2) is 10.3. The van der Waals surface area contributed by atoms with Crippen LogP contribution in [0.4, 0.5) is 4.79 Å². The number of carbonyl (C=O) groups is 4. The Balaban J connectivity index is 1.46. The van der Waals surface area contributed by atoms with Crippen LogP contribution < -0.4 is 10.6 Å². The molecule has 0 atom stereocenters. The Kier molecular flexibility index (Phi) is 7.48. The molecular weight excluding hydrogens is 426 g/mol. The first-order valence-electron chi connectivity index (χ1n) is 10.2. The van der Waals surface area contributed by atoms with Crippen LogP contribution in [0.3, 0.4) is 0 Å². The number of benzene rings is 2. The van der Waals surface area contributed by atoms with Gasteiger partial charge in [0.05, 0.1) is 11.4 Å². The molecule has 4 amide bonds. The van der Waals surface area contributed by atoms with Crippen LogP contribution in [0.25, 0.3) is 6.08 Å². The number of aryl methyl sites for hydroxylation is 3. The molecule has 2 aromatic carbocycles. The molecule has 0 aliphatic carbocycles. The van der Waals surface area contributed by atoms with Gasteiger partial charge in [-0.2, -0.15) is 0 Å². The number of hydrogen-bond acceptors (Lipinski definition) is 5. The van der Waals surface area contributed by atoms with E-state index in [4.69, 9.17) is 0 Å². The molecule has 1 aliphatic rings. The van der Waals surface area contributed by atoms with E-state index in [9.17, 15) is 19.2 Å². The standard InChI is InChI=1S/C24H25N3O4S/c1-15-4-7-18(8-5-15)13-20-23(30)27(24(31)32-20)11-10-25-21(28)14-26-22(29)19-9-6-16(2)17(3)12-19/h4-9,12-13H,10-11,14H2,1-3H3,(H,25,28)(H,26,29). The molecule has 2 N–H and O–H groups in total. The molecule has 0 spiro atoms. The highest BCUT2D eigenvalue weighted by molar-refractivity contribution is 8.18. The number of amides is 4. The van der Waals surface area contributed by atoms with E-state index < -0.39 is 5.91 Å². The number of hydrogen-bond donors (Lipinski definition) is 2. The summed E-state index contributed by atoms with van der Waals surface area (Å²) in [5, 5.41) is 4.82. The third-order valence-electron chi connectivity index (χ3n) is 5.08. The number of thioether (sulfide) groups is 1. The van der Waals surface area contributed by atoms with Crippen LogP contribution in [-0.4, -0.2) is 47.5 Å². The molecule has 0 unspecified atom stereocenters. The zero-order valence-electron chi connectivity index (χ0n) is 18.2. The maximum absolute atomic E-state index is 12.5. The van der Waals surface area contributed by atoms with E-state index in [0.29, 0.717) is 10.5 Å². The minimum Gasteiger partial charge on any atom is -0.353 e. The first-order valence-corrected chi connectivity index (χ1v) is 11.0. The lowest BCUT2D eigenvalue weighted by molar-refractivity contribution is -0.124. The van der Waals surface area contributed by atoms with Gasteiger partial charge in [0.25, 0.3) is 17.1 Å². The maximum atomic E-state index is 12.5. The second-order valence-corrected chi connectivity index (χ2v) is 8.57. The summed E-state index contributed by atoms with van der Waals surface area (Å²) in [5.41, 5.74) is 4.51. The average Bonchev–Trinajstić information content (AvgIpc) is 3.02. The Hall–Kier alpha value is -3.39. The molecule has 0 saturated carbocycles. The molecule has 0 aromatic heterocycles. The molecule has 1 saturated heterocycles. The van der Waals surface area contributed by atoms with Gasteiger partial charge in [0, 0.05) is 18.7 Å². The number of carbonyl (C=O) groups excluding carboxylic acids is 4. The average molecular weight is 452 g/mol. The summed E-state index contributed by atoms with van der Waals surface area (Å²) in [6.45, 7) is 5.82. The van der Waals surface area contributed by atoms with Gasteiger partial charge in [0.1, 0.15) is 0 Å². The van der Waals surface area contributed by atoms with Crippen LogP contribution in [0, 0.1) is 20.8 Å². The van der Waals surface area contributed by atoms with E-state index in [2.05, 4.69) is 10.6 Å². The summed E-state index contributed by atoms with van der Waals surface area (Å²) in [5.74, 6) is -1.11. The summed E-state index contributed by atoms with van der Waals surface area (Å²) in [6, 6.07) is 13.0. The van der Waals surface area contributed by atoms with E-state index in [1.54, 1.807) is 18.2 Å². The molecular formula is C24H25N3O4S. The Labute approximate surface area is 191 Å². The topological polar surface area (TPSA) is 95.6 Å². The fourth-order valence-electron chi connectivity index (χ4n) is 3.02. The maximum Gasteiger partial charge on any atom is 0.293 e. The van der Waals surface area contributed by atoms with Crippen molar-refractivity contribution in [2.45, 2.75) is 20.8 Å². The van der Waals surface area contributed by atoms with Gasteiger partial charge in [0.2, 0.25) is 5.91 Å². The molecule has 1 fully saturated rings. The Morgan fingerprint density at radius 2 is 1.69 bits per heavy atom. The summed E-state index contributed by atoms with van der Waals surface area (Å²) in [4.78, 5) is 50.4. The van der Waals surface area contributed by atoms with Crippen LogP contribution in [0.2, 0.25) is 0 Å². The van der Waals surface area contributed by atoms with E-state index in [1.165, 1.54) is 0 Å². The third kappa shape index (κ3) is 5.85. The lowest BCUT2D eigenvalue weighted by atomic mass is 10.1. The normalized spacial score (nSPS) is 14.7. The molecule has 8 heteroatoms. The van der Waals surface area contributed by atoms with E-state index >= 15 is 0 Å². The highest BCUT2D eigenvalue weighted by atomic mass is 32.2. The summed E-state index contributed by atoms with van der Waals surface area (Å²) < 4.78 is 0. The van der Waals surface area contributed by atoms with Crippen molar-refractivity contribution >= 4 is 40.8 Å². The fourth-order valence-corrected chi connectivity index (χ4v) is 3.89. The van der Waals surface area contributed by atoms with E-state index in [1.807, 2.05) is 51.1 Å². The molecule has 32 heavy (non-hydrogen) atoms. The van der Waals surface area contributed by atoms with Crippen molar-refractivity contribution in [1.82, 2.24) is 15.5 Å².